The number of hydrogen-bond acceptors (Lipinski definition) is 4. The summed E-state index contributed by atoms with van der Waals surface area (Å²) in [5, 5.41) is 21.1. The Bertz CT molecular complexity index is 308. The number of aliphatic carboxylic acids is 2. The molecular formula is C16H26O4Zn. The third-order valence-electron chi connectivity index (χ3n) is 4.90. The monoisotopic (exact) mass is 346 g/mol. The zero-order valence-corrected chi connectivity index (χ0v) is 16.4. The summed E-state index contributed by atoms with van der Waals surface area (Å²) in [5.74, 6) is -1.74. The number of rotatable bonds is 2. The summed E-state index contributed by atoms with van der Waals surface area (Å²) in [6.45, 7) is 3.59. The van der Waals surface area contributed by atoms with Gasteiger partial charge in [-0.05, 0) is 25.7 Å². The van der Waals surface area contributed by atoms with E-state index in [1.807, 2.05) is 0 Å². The third-order valence-corrected chi connectivity index (χ3v) is 4.90. The fourth-order valence-electron chi connectivity index (χ4n) is 3.07. The van der Waals surface area contributed by atoms with Gasteiger partial charge in [-0.2, -0.15) is 0 Å². The molecule has 0 aliphatic heterocycles. The molecule has 0 unspecified atom stereocenters. The van der Waals surface area contributed by atoms with Gasteiger partial charge in [0.15, 0.2) is 0 Å². The summed E-state index contributed by atoms with van der Waals surface area (Å²) < 4.78 is 0. The first-order valence-electron chi connectivity index (χ1n) is 7.73. The molecule has 0 radical (unpaired) electrons. The van der Waals surface area contributed by atoms with E-state index in [-0.39, 0.29) is 19.5 Å². The van der Waals surface area contributed by atoms with Crippen LogP contribution in [0, 0.1) is 10.8 Å². The Hall–Kier alpha value is -0.437. The summed E-state index contributed by atoms with van der Waals surface area (Å²) in [6.07, 6.45) is 9.75. The first-order valence-corrected chi connectivity index (χ1v) is 7.73. The standard InChI is InChI=1S/2C8H14O2.Zn/c2*1-8(7(9)10)5-3-2-4-6-8;/h2*2-6H2,1H3,(H,9,10);/q;;+2/p-2. The van der Waals surface area contributed by atoms with Crippen LogP contribution in [0.2, 0.25) is 0 Å². The Morgan fingerprint density at radius 3 is 1.05 bits per heavy atom. The second kappa shape index (κ2) is 8.87. The van der Waals surface area contributed by atoms with Crippen molar-refractivity contribution < 1.29 is 39.3 Å². The maximum absolute atomic E-state index is 10.6. The largest absolute Gasteiger partial charge is 2.00 e. The molecule has 116 valence electrons. The molecule has 2 fully saturated rings. The molecule has 21 heavy (non-hydrogen) atoms. The maximum Gasteiger partial charge on any atom is 2.00 e. The number of carboxylic acids is 2. The van der Waals surface area contributed by atoms with E-state index in [1.165, 1.54) is 12.8 Å². The van der Waals surface area contributed by atoms with Crippen LogP contribution in [0.25, 0.3) is 0 Å². The molecule has 0 saturated heterocycles. The van der Waals surface area contributed by atoms with Gasteiger partial charge in [0.05, 0.1) is 0 Å². The zero-order valence-electron chi connectivity index (χ0n) is 13.4. The minimum Gasteiger partial charge on any atom is -0.550 e. The molecule has 0 heterocycles. The van der Waals surface area contributed by atoms with E-state index in [9.17, 15) is 19.8 Å². The van der Waals surface area contributed by atoms with Gasteiger partial charge in [0.2, 0.25) is 0 Å². The molecule has 0 aromatic rings. The van der Waals surface area contributed by atoms with Gasteiger partial charge in [-0.1, -0.05) is 52.4 Å². The van der Waals surface area contributed by atoms with E-state index >= 15 is 0 Å². The van der Waals surface area contributed by atoms with Gasteiger partial charge in [-0.3, -0.25) is 0 Å². The van der Waals surface area contributed by atoms with Crippen molar-refractivity contribution in [2.45, 2.75) is 78.1 Å². The fraction of sp³-hybridized carbons (Fsp3) is 0.875. The summed E-state index contributed by atoms with van der Waals surface area (Å²) in [4.78, 5) is 21.1. The first-order chi connectivity index (χ1) is 9.30. The molecule has 4 nitrogen and oxygen atoms in total. The molecule has 0 N–H and O–H groups in total. The van der Waals surface area contributed by atoms with E-state index in [2.05, 4.69) is 0 Å². The van der Waals surface area contributed by atoms with Crippen LogP contribution in [0.3, 0.4) is 0 Å². The minimum atomic E-state index is -0.868. The van der Waals surface area contributed by atoms with Crippen LogP contribution in [0.1, 0.15) is 78.1 Å². The molecular weight excluding hydrogens is 322 g/mol. The predicted molar refractivity (Wildman–Crippen MR) is 72.4 cm³/mol. The molecule has 2 rings (SSSR count). The van der Waals surface area contributed by atoms with Crippen LogP contribution in [-0.2, 0) is 29.1 Å². The van der Waals surface area contributed by atoms with Gasteiger partial charge in [-0.25, -0.2) is 0 Å². The maximum atomic E-state index is 10.6. The van der Waals surface area contributed by atoms with Crippen LogP contribution in [0.15, 0.2) is 0 Å². The van der Waals surface area contributed by atoms with E-state index in [0.717, 1.165) is 51.4 Å². The molecule has 2 saturated carbocycles. The molecule has 0 bridgehead atoms. The molecule has 2 aliphatic carbocycles. The number of carbonyl (C=O) groups is 2. The van der Waals surface area contributed by atoms with Crippen molar-refractivity contribution in [3.05, 3.63) is 0 Å². The van der Waals surface area contributed by atoms with Crippen molar-refractivity contribution >= 4 is 11.9 Å². The van der Waals surface area contributed by atoms with Crippen LogP contribution in [0.4, 0.5) is 0 Å². The fourth-order valence-corrected chi connectivity index (χ4v) is 3.07. The van der Waals surface area contributed by atoms with Gasteiger partial charge in [0.1, 0.15) is 0 Å². The molecule has 0 spiro atoms. The molecule has 0 aromatic carbocycles. The van der Waals surface area contributed by atoms with Crippen LogP contribution in [-0.4, -0.2) is 11.9 Å². The minimum absolute atomic E-state index is 0. The second-order valence-electron chi connectivity index (χ2n) is 6.82. The summed E-state index contributed by atoms with van der Waals surface area (Å²) >= 11 is 0. The quantitative estimate of drug-likeness (QED) is 0.707. The predicted octanol–water partition coefficient (Wildman–Crippen LogP) is 1.41. The van der Waals surface area contributed by atoms with Crippen molar-refractivity contribution in [3.63, 3.8) is 0 Å². The van der Waals surface area contributed by atoms with Gasteiger partial charge < -0.3 is 19.8 Å². The average Bonchev–Trinajstić information content (AvgIpc) is 2.41. The van der Waals surface area contributed by atoms with E-state index in [1.54, 1.807) is 13.8 Å². The SMILES string of the molecule is CC1(C(=O)[O-])CCCCC1.CC1(C(=O)[O-])CCCCC1.[Zn+2]. The van der Waals surface area contributed by atoms with Crippen LogP contribution >= 0.6 is 0 Å². The van der Waals surface area contributed by atoms with Crippen LogP contribution in [0.5, 0.6) is 0 Å². The Morgan fingerprint density at radius 2 is 0.905 bits per heavy atom. The Balaban J connectivity index is 0.000000364. The van der Waals surface area contributed by atoms with Crippen LogP contribution < -0.4 is 10.2 Å². The zero-order chi connectivity index (χ0) is 15.2. The normalized spacial score (nSPS) is 23.0. The van der Waals surface area contributed by atoms with Crippen molar-refractivity contribution in [1.29, 1.82) is 0 Å². The summed E-state index contributed by atoms with van der Waals surface area (Å²) in [6, 6.07) is 0. The second-order valence-corrected chi connectivity index (χ2v) is 6.82. The molecule has 2 aliphatic rings. The number of carbonyl (C=O) groups excluding carboxylic acids is 2. The van der Waals surface area contributed by atoms with Crippen molar-refractivity contribution in [2.75, 3.05) is 0 Å². The van der Waals surface area contributed by atoms with Gasteiger partial charge in [0.25, 0.3) is 0 Å². The van der Waals surface area contributed by atoms with E-state index in [4.69, 9.17) is 0 Å². The number of carboxylic acid groups (broad SMARTS) is 2. The summed E-state index contributed by atoms with van der Waals surface area (Å²) in [5.41, 5.74) is -1.03. The van der Waals surface area contributed by atoms with Crippen molar-refractivity contribution in [3.8, 4) is 0 Å². The first kappa shape index (κ1) is 20.6. The number of hydrogen-bond donors (Lipinski definition) is 0. The van der Waals surface area contributed by atoms with E-state index < -0.39 is 22.8 Å². The summed E-state index contributed by atoms with van der Waals surface area (Å²) in [7, 11) is 0. The van der Waals surface area contributed by atoms with Crippen molar-refractivity contribution in [1.82, 2.24) is 0 Å². The molecule has 5 heteroatoms. The molecule has 0 aromatic heterocycles. The van der Waals surface area contributed by atoms with Crippen molar-refractivity contribution in [2.24, 2.45) is 10.8 Å². The Kier molecular flexibility index (Phi) is 8.69. The molecule has 0 atom stereocenters. The van der Waals surface area contributed by atoms with Gasteiger partial charge >= 0.3 is 19.5 Å². The van der Waals surface area contributed by atoms with E-state index in [0.29, 0.717) is 0 Å². The van der Waals surface area contributed by atoms with Gasteiger partial charge in [0, 0.05) is 22.8 Å². The Morgan fingerprint density at radius 1 is 0.667 bits per heavy atom. The average molecular weight is 348 g/mol. The third kappa shape index (κ3) is 6.06. The molecule has 0 amide bonds. The smallest absolute Gasteiger partial charge is 0.550 e. The van der Waals surface area contributed by atoms with Gasteiger partial charge in [-0.15, -0.1) is 0 Å². The Labute approximate surface area is 140 Å². The topological polar surface area (TPSA) is 80.3 Å².